The molecule has 3 amide bonds. The molecule has 28 heavy (non-hydrogen) atoms. The lowest BCUT2D eigenvalue weighted by Gasteiger charge is -2.62. The van der Waals surface area contributed by atoms with Crippen LogP contribution in [0.5, 0.6) is 0 Å². The van der Waals surface area contributed by atoms with Gasteiger partial charge in [0.15, 0.2) is 0 Å². The zero-order chi connectivity index (χ0) is 20.3. The number of nitrogens with one attached hydrogen (secondary N) is 2. The largest absolute Gasteiger partial charge is 0.342 e. The number of rotatable bonds is 2. The number of urea groups is 1. The van der Waals surface area contributed by atoms with Crippen LogP contribution in [0.15, 0.2) is 0 Å². The van der Waals surface area contributed by atoms with Gasteiger partial charge in [-0.3, -0.25) is 4.79 Å². The fourth-order valence-corrected chi connectivity index (χ4v) is 8.39. The molecule has 0 bridgehead atoms. The summed E-state index contributed by atoms with van der Waals surface area (Å²) < 4.78 is 0. The molecule has 0 aromatic carbocycles. The molecule has 5 nitrogen and oxygen atoms in total. The summed E-state index contributed by atoms with van der Waals surface area (Å²) >= 11 is 0. The van der Waals surface area contributed by atoms with E-state index in [9.17, 15) is 9.59 Å². The van der Waals surface area contributed by atoms with Crippen LogP contribution < -0.4 is 10.6 Å². The third-order valence-electron chi connectivity index (χ3n) is 9.82. The summed E-state index contributed by atoms with van der Waals surface area (Å²) in [6.07, 6.45) is 9.33. The van der Waals surface area contributed by atoms with Gasteiger partial charge in [0.05, 0.1) is 0 Å². The number of hydrogen-bond donors (Lipinski definition) is 2. The van der Waals surface area contributed by atoms with E-state index < -0.39 is 0 Å². The van der Waals surface area contributed by atoms with Crippen LogP contribution in [0, 0.1) is 34.5 Å². The van der Waals surface area contributed by atoms with Gasteiger partial charge in [0.25, 0.3) is 0 Å². The highest BCUT2D eigenvalue weighted by molar-refractivity contribution is 5.77. The Balaban J connectivity index is 1.55. The molecule has 5 heteroatoms. The first-order chi connectivity index (χ1) is 13.2. The van der Waals surface area contributed by atoms with Crippen LogP contribution >= 0.6 is 0 Å². The molecule has 0 aromatic rings. The molecule has 1 heterocycles. The lowest BCUT2D eigenvalue weighted by Crippen LogP contribution is -2.61. The molecule has 1 saturated heterocycles. The smallest absolute Gasteiger partial charge is 0.314 e. The van der Waals surface area contributed by atoms with Gasteiger partial charge in [-0.05, 0) is 86.4 Å². The molecule has 158 valence electrons. The molecule has 4 aliphatic rings. The van der Waals surface area contributed by atoms with Crippen LogP contribution in [-0.2, 0) is 4.79 Å². The first-order valence-corrected chi connectivity index (χ1v) is 11.5. The van der Waals surface area contributed by atoms with Crippen LogP contribution in [0.2, 0.25) is 0 Å². The molecule has 0 aromatic heterocycles. The van der Waals surface area contributed by atoms with Gasteiger partial charge >= 0.3 is 6.03 Å². The third kappa shape index (κ3) is 2.79. The Bertz CT molecular complexity index is 652. The van der Waals surface area contributed by atoms with Crippen molar-refractivity contribution in [2.24, 2.45) is 34.5 Å². The number of hydrogen-bond acceptors (Lipinski definition) is 2. The minimum absolute atomic E-state index is 0.0591. The van der Waals surface area contributed by atoms with Crippen LogP contribution in [0.1, 0.15) is 72.1 Å². The molecule has 4 fully saturated rings. The SMILES string of the molecule is CNC(=O)NC(C)[C@H]1CC[C@H]2[C@@H]3CCC4N(C)C(=O)CC[C@]4(C)[C@H]3CC[C@]12C. The van der Waals surface area contributed by atoms with E-state index in [1.807, 2.05) is 7.05 Å². The second-order valence-corrected chi connectivity index (χ2v) is 10.7. The molecule has 8 atom stereocenters. The molecular weight excluding hydrogens is 350 g/mol. The van der Waals surface area contributed by atoms with Gasteiger partial charge in [-0.2, -0.15) is 0 Å². The van der Waals surface area contributed by atoms with Crippen LogP contribution in [0.3, 0.4) is 0 Å². The van der Waals surface area contributed by atoms with E-state index in [0.29, 0.717) is 23.3 Å². The lowest BCUT2D eigenvalue weighted by molar-refractivity contribution is -0.158. The Kier molecular flexibility index (Phi) is 4.95. The predicted octanol–water partition coefficient (Wildman–Crippen LogP) is 3.78. The first-order valence-electron chi connectivity index (χ1n) is 11.5. The third-order valence-corrected chi connectivity index (χ3v) is 9.82. The van der Waals surface area contributed by atoms with Crippen LogP contribution in [-0.4, -0.2) is 43.0 Å². The van der Waals surface area contributed by atoms with Gasteiger partial charge in [-0.1, -0.05) is 13.8 Å². The Morgan fingerprint density at radius 2 is 1.79 bits per heavy atom. The first kappa shape index (κ1) is 20.0. The Morgan fingerprint density at radius 3 is 2.50 bits per heavy atom. The summed E-state index contributed by atoms with van der Waals surface area (Å²) in [4.78, 5) is 26.3. The Hall–Kier alpha value is -1.26. The molecule has 0 radical (unpaired) electrons. The molecular formula is C23H39N3O2. The average Bonchev–Trinajstić information content (AvgIpc) is 3.02. The van der Waals surface area contributed by atoms with Gasteiger partial charge < -0.3 is 15.5 Å². The summed E-state index contributed by atoms with van der Waals surface area (Å²) in [6.45, 7) is 7.19. The van der Waals surface area contributed by atoms with E-state index in [1.54, 1.807) is 7.05 Å². The molecule has 1 aliphatic heterocycles. The van der Waals surface area contributed by atoms with E-state index >= 15 is 0 Å². The number of piperidine rings is 1. The average molecular weight is 390 g/mol. The number of carbonyl (C=O) groups excluding carboxylic acids is 2. The maximum absolute atomic E-state index is 12.3. The number of carbonyl (C=O) groups is 2. The summed E-state index contributed by atoms with van der Waals surface area (Å²) in [7, 11) is 3.73. The van der Waals surface area contributed by atoms with E-state index in [4.69, 9.17) is 0 Å². The van der Waals surface area contributed by atoms with Crippen LogP contribution in [0.4, 0.5) is 4.79 Å². The van der Waals surface area contributed by atoms with Gasteiger partial charge in [-0.15, -0.1) is 0 Å². The molecule has 3 aliphatic carbocycles. The molecule has 2 unspecified atom stereocenters. The molecule has 2 N–H and O–H groups in total. The number of nitrogens with zero attached hydrogens (tertiary/aromatic N) is 1. The lowest BCUT2D eigenvalue weighted by atomic mass is 9.46. The van der Waals surface area contributed by atoms with E-state index in [-0.39, 0.29) is 17.5 Å². The zero-order valence-corrected chi connectivity index (χ0v) is 18.4. The highest BCUT2D eigenvalue weighted by atomic mass is 16.2. The van der Waals surface area contributed by atoms with Crippen molar-refractivity contribution in [3.63, 3.8) is 0 Å². The Morgan fingerprint density at radius 1 is 1.07 bits per heavy atom. The van der Waals surface area contributed by atoms with Crippen molar-refractivity contribution in [2.45, 2.75) is 84.2 Å². The standard InChI is InChI=1S/C23H39N3O2/c1-14(25-21(28)24-4)16-7-8-17-15-6-9-19-23(3,13-11-20(27)26(19)5)18(15)10-12-22(16,17)2/h14-19H,6-13H2,1-5H3,(H2,24,25,28)/t14?,15-,16+,17-,18-,19?,22+,23+/m0/s1. The van der Waals surface area contributed by atoms with Crippen molar-refractivity contribution < 1.29 is 9.59 Å². The number of fused-ring (bicyclic) bond motifs is 5. The van der Waals surface area contributed by atoms with E-state index in [1.165, 1.54) is 38.5 Å². The van der Waals surface area contributed by atoms with Gasteiger partial charge in [-0.25, -0.2) is 4.79 Å². The number of likely N-dealkylation sites (tertiary alicyclic amines) is 1. The summed E-state index contributed by atoms with van der Waals surface area (Å²) in [5.41, 5.74) is 0.623. The van der Waals surface area contributed by atoms with Gasteiger partial charge in [0.2, 0.25) is 5.91 Å². The van der Waals surface area contributed by atoms with Crippen molar-refractivity contribution in [3.05, 3.63) is 0 Å². The molecule has 0 spiro atoms. The van der Waals surface area contributed by atoms with Crippen molar-refractivity contribution in [1.82, 2.24) is 15.5 Å². The highest BCUT2D eigenvalue weighted by Gasteiger charge is 2.61. The predicted molar refractivity (Wildman–Crippen MR) is 111 cm³/mol. The second-order valence-electron chi connectivity index (χ2n) is 10.7. The van der Waals surface area contributed by atoms with Crippen molar-refractivity contribution in [3.8, 4) is 0 Å². The van der Waals surface area contributed by atoms with Crippen molar-refractivity contribution in [1.29, 1.82) is 0 Å². The maximum atomic E-state index is 12.3. The Labute approximate surface area is 170 Å². The van der Waals surface area contributed by atoms with Gasteiger partial charge in [0.1, 0.15) is 0 Å². The fourth-order valence-electron chi connectivity index (χ4n) is 8.39. The minimum atomic E-state index is -0.0591. The normalized spacial score (nSPS) is 46.2. The van der Waals surface area contributed by atoms with Crippen LogP contribution in [0.25, 0.3) is 0 Å². The monoisotopic (exact) mass is 389 g/mol. The summed E-state index contributed by atoms with van der Waals surface area (Å²) in [5.74, 6) is 3.22. The second kappa shape index (κ2) is 6.91. The minimum Gasteiger partial charge on any atom is -0.342 e. The van der Waals surface area contributed by atoms with Crippen molar-refractivity contribution in [2.75, 3.05) is 14.1 Å². The summed E-state index contributed by atoms with van der Waals surface area (Å²) in [6, 6.07) is 0.596. The van der Waals surface area contributed by atoms with Gasteiger partial charge in [0, 0.05) is 32.6 Å². The highest BCUT2D eigenvalue weighted by Crippen LogP contribution is 2.66. The quantitative estimate of drug-likeness (QED) is 0.755. The number of amides is 3. The fraction of sp³-hybridized carbons (Fsp3) is 0.913. The maximum Gasteiger partial charge on any atom is 0.314 e. The summed E-state index contributed by atoms with van der Waals surface area (Å²) in [5, 5.41) is 5.88. The zero-order valence-electron chi connectivity index (χ0n) is 18.4. The molecule has 4 rings (SSSR count). The topological polar surface area (TPSA) is 61.4 Å². The molecule has 3 saturated carbocycles. The van der Waals surface area contributed by atoms with E-state index in [2.05, 4.69) is 36.3 Å². The van der Waals surface area contributed by atoms with Crippen molar-refractivity contribution >= 4 is 11.9 Å². The van der Waals surface area contributed by atoms with E-state index in [0.717, 1.165) is 30.6 Å².